The zero-order chi connectivity index (χ0) is 14.7. The van der Waals surface area contributed by atoms with Crippen LogP contribution in [0.15, 0.2) is 0 Å². The van der Waals surface area contributed by atoms with Crippen LogP contribution in [0.1, 0.15) is 40.0 Å². The Bertz CT molecular complexity index is 430. The number of ether oxygens (including phenoxy) is 1. The minimum Gasteiger partial charge on any atom is -0.444 e. The number of alkyl carbamates (subject to hydrolysis) is 1. The number of halogens is 1. The van der Waals surface area contributed by atoms with Gasteiger partial charge < -0.3 is 10.1 Å². The first-order valence-electron chi connectivity index (χ1n) is 6.38. The van der Waals surface area contributed by atoms with Crippen molar-refractivity contribution in [2.75, 3.05) is 18.1 Å². The van der Waals surface area contributed by atoms with Crippen molar-refractivity contribution in [1.82, 2.24) is 5.32 Å². The molecule has 0 bridgehead atoms. The van der Waals surface area contributed by atoms with E-state index in [4.69, 9.17) is 4.74 Å². The highest BCUT2D eigenvalue weighted by Crippen LogP contribution is 2.29. The Balaban J connectivity index is 2.38. The van der Waals surface area contributed by atoms with Crippen LogP contribution in [0.25, 0.3) is 0 Å². The highest BCUT2D eigenvalue weighted by Gasteiger charge is 2.38. The van der Waals surface area contributed by atoms with E-state index in [1.807, 2.05) is 0 Å². The fourth-order valence-corrected chi connectivity index (χ4v) is 3.85. The van der Waals surface area contributed by atoms with Gasteiger partial charge in [-0.3, -0.25) is 0 Å². The fourth-order valence-electron chi connectivity index (χ4n) is 2.05. The Morgan fingerprint density at radius 1 is 1.42 bits per heavy atom. The molecule has 1 fully saturated rings. The van der Waals surface area contributed by atoms with Gasteiger partial charge in [-0.2, -0.15) is 0 Å². The molecular weight excluding hydrogens is 273 g/mol. The normalized spacial score (nSPS) is 26.7. The van der Waals surface area contributed by atoms with E-state index >= 15 is 0 Å². The lowest BCUT2D eigenvalue weighted by Crippen LogP contribution is -2.42. The number of sulfone groups is 1. The lowest BCUT2D eigenvalue weighted by Gasteiger charge is -2.29. The molecular formula is C12H22FNO4S. The van der Waals surface area contributed by atoms with Crippen LogP contribution in [0.2, 0.25) is 0 Å². The smallest absolute Gasteiger partial charge is 0.407 e. The molecule has 0 aromatic heterocycles. The average molecular weight is 295 g/mol. The summed E-state index contributed by atoms with van der Waals surface area (Å²) < 4.78 is 42.1. The van der Waals surface area contributed by atoms with Gasteiger partial charge >= 0.3 is 6.09 Å². The van der Waals surface area contributed by atoms with Crippen molar-refractivity contribution in [2.45, 2.75) is 51.3 Å². The van der Waals surface area contributed by atoms with Crippen molar-refractivity contribution in [2.24, 2.45) is 0 Å². The largest absolute Gasteiger partial charge is 0.444 e. The Labute approximate surface area is 113 Å². The van der Waals surface area contributed by atoms with Crippen molar-refractivity contribution in [1.29, 1.82) is 0 Å². The van der Waals surface area contributed by atoms with Crippen molar-refractivity contribution in [3.8, 4) is 0 Å². The van der Waals surface area contributed by atoms with E-state index in [1.54, 1.807) is 20.8 Å². The summed E-state index contributed by atoms with van der Waals surface area (Å²) >= 11 is 0. The monoisotopic (exact) mass is 295 g/mol. The van der Waals surface area contributed by atoms with Crippen LogP contribution in [-0.2, 0) is 14.6 Å². The number of nitrogens with one attached hydrogen (secondary N) is 1. The highest BCUT2D eigenvalue weighted by atomic mass is 32.2. The molecule has 0 radical (unpaired) electrons. The molecule has 1 aliphatic rings. The van der Waals surface area contributed by atoms with Crippen LogP contribution < -0.4 is 5.32 Å². The molecule has 0 aromatic rings. The topological polar surface area (TPSA) is 72.5 Å². The molecule has 1 rings (SSSR count). The van der Waals surface area contributed by atoms with E-state index in [0.29, 0.717) is 6.42 Å². The van der Waals surface area contributed by atoms with Gasteiger partial charge in [0.2, 0.25) is 0 Å². The number of hydrogen-bond donors (Lipinski definition) is 1. The zero-order valence-corrected chi connectivity index (χ0v) is 12.5. The van der Waals surface area contributed by atoms with E-state index in [-0.39, 0.29) is 25.1 Å². The van der Waals surface area contributed by atoms with E-state index in [1.165, 1.54) is 0 Å². The minimum absolute atomic E-state index is 0.00846. The lowest BCUT2D eigenvalue weighted by molar-refractivity contribution is 0.0515. The molecule has 0 aromatic carbocycles. The van der Waals surface area contributed by atoms with E-state index in [9.17, 15) is 17.6 Å². The molecule has 1 unspecified atom stereocenters. The van der Waals surface area contributed by atoms with E-state index in [2.05, 4.69) is 5.32 Å². The van der Waals surface area contributed by atoms with Gasteiger partial charge in [-0.1, -0.05) is 0 Å². The molecule has 7 heteroatoms. The Morgan fingerprint density at radius 3 is 2.58 bits per heavy atom. The predicted molar refractivity (Wildman–Crippen MR) is 70.6 cm³/mol. The highest BCUT2D eigenvalue weighted by molar-refractivity contribution is 7.91. The molecule has 1 atom stereocenters. The van der Waals surface area contributed by atoms with Gasteiger partial charge in [0.05, 0.1) is 11.5 Å². The molecule has 1 N–H and O–H groups in total. The third-order valence-electron chi connectivity index (χ3n) is 2.80. The molecule has 19 heavy (non-hydrogen) atoms. The number of carbonyl (C=O) groups is 1. The second-order valence-corrected chi connectivity index (χ2v) is 8.21. The van der Waals surface area contributed by atoms with Crippen LogP contribution in [-0.4, -0.2) is 43.8 Å². The molecule has 0 saturated carbocycles. The molecule has 1 saturated heterocycles. The standard InChI is InChI=1S/C12H22FNO4S/c1-11(2,3)18-10(15)14-7-6-12(13)5-4-8-19(16,17)9-12/h4-9H2,1-3H3,(H,14,15). The van der Waals surface area contributed by atoms with Gasteiger partial charge in [-0.05, 0) is 40.0 Å². The maximum absolute atomic E-state index is 14.3. The van der Waals surface area contributed by atoms with Gasteiger partial charge in [0, 0.05) is 6.54 Å². The summed E-state index contributed by atoms with van der Waals surface area (Å²) in [5.74, 6) is -0.395. The quantitative estimate of drug-likeness (QED) is 0.862. The summed E-state index contributed by atoms with van der Waals surface area (Å²) in [4.78, 5) is 11.4. The van der Waals surface area contributed by atoms with Gasteiger partial charge in [-0.15, -0.1) is 0 Å². The third-order valence-corrected chi connectivity index (χ3v) is 4.67. The number of rotatable bonds is 3. The van der Waals surface area contributed by atoms with Gasteiger partial charge in [-0.25, -0.2) is 17.6 Å². The van der Waals surface area contributed by atoms with Crippen molar-refractivity contribution in [3.63, 3.8) is 0 Å². The van der Waals surface area contributed by atoms with Gasteiger partial charge in [0.25, 0.3) is 0 Å². The Kier molecular flexibility index (Phi) is 4.81. The van der Waals surface area contributed by atoms with Gasteiger partial charge in [0.15, 0.2) is 9.84 Å². The third kappa shape index (κ3) is 6.22. The number of alkyl halides is 1. The molecule has 1 aliphatic heterocycles. The first-order chi connectivity index (χ1) is 8.52. The van der Waals surface area contributed by atoms with Crippen LogP contribution >= 0.6 is 0 Å². The SMILES string of the molecule is CC(C)(C)OC(=O)NCCC1(F)CCCS(=O)(=O)C1. The maximum Gasteiger partial charge on any atom is 0.407 e. The van der Waals surface area contributed by atoms with Crippen LogP contribution in [0.5, 0.6) is 0 Å². The van der Waals surface area contributed by atoms with Crippen molar-refractivity contribution >= 4 is 15.9 Å². The first-order valence-corrected chi connectivity index (χ1v) is 8.20. The van der Waals surface area contributed by atoms with Crippen LogP contribution in [0.3, 0.4) is 0 Å². The second kappa shape index (κ2) is 5.64. The summed E-state index contributed by atoms with van der Waals surface area (Å²) in [6.07, 6.45) is -0.0614. The van der Waals surface area contributed by atoms with Crippen LogP contribution in [0, 0.1) is 0 Å². The maximum atomic E-state index is 14.3. The average Bonchev–Trinajstić information content (AvgIpc) is 2.11. The molecule has 0 spiro atoms. The van der Waals surface area contributed by atoms with Crippen molar-refractivity contribution in [3.05, 3.63) is 0 Å². The second-order valence-electron chi connectivity index (χ2n) is 6.03. The Hall–Kier alpha value is -0.850. The number of amides is 1. The summed E-state index contributed by atoms with van der Waals surface area (Å²) in [5.41, 5.74) is -2.34. The lowest BCUT2D eigenvalue weighted by atomic mass is 9.98. The summed E-state index contributed by atoms with van der Waals surface area (Å²) in [5, 5.41) is 2.44. The predicted octanol–water partition coefficient (Wildman–Crippen LogP) is 1.82. The van der Waals surface area contributed by atoms with Crippen LogP contribution in [0.4, 0.5) is 9.18 Å². The number of carbonyl (C=O) groups excluding carboxylic acids is 1. The minimum atomic E-state index is -3.29. The zero-order valence-electron chi connectivity index (χ0n) is 11.7. The summed E-state index contributed by atoms with van der Waals surface area (Å²) in [6.45, 7) is 5.27. The summed E-state index contributed by atoms with van der Waals surface area (Å²) in [6, 6.07) is 0. The summed E-state index contributed by atoms with van der Waals surface area (Å²) in [7, 11) is -3.29. The molecule has 5 nitrogen and oxygen atoms in total. The molecule has 112 valence electrons. The van der Waals surface area contributed by atoms with E-state index in [0.717, 1.165) is 0 Å². The van der Waals surface area contributed by atoms with Crippen molar-refractivity contribution < 1.29 is 22.3 Å². The Morgan fingerprint density at radius 2 is 2.05 bits per heavy atom. The molecule has 0 aliphatic carbocycles. The fraction of sp³-hybridized carbons (Fsp3) is 0.917. The molecule has 1 heterocycles. The van der Waals surface area contributed by atoms with E-state index < -0.39 is 33.0 Å². The van der Waals surface area contributed by atoms with Gasteiger partial charge in [0.1, 0.15) is 11.3 Å². The first kappa shape index (κ1) is 16.2. The molecule has 1 amide bonds. The number of hydrogen-bond acceptors (Lipinski definition) is 4.